The number of aliphatic imine (C=N–C) groups is 2. The Morgan fingerprint density at radius 3 is 1.89 bits per heavy atom. The third kappa shape index (κ3) is 7.18. The molecule has 0 aliphatic rings. The number of hydrogen-bond acceptors (Lipinski definition) is 4. The lowest BCUT2D eigenvalue weighted by Crippen LogP contribution is -1.90. The smallest absolute Gasteiger partial charge is 0.276 e. The van der Waals surface area contributed by atoms with Gasteiger partial charge < -0.3 is 0 Å². The summed E-state index contributed by atoms with van der Waals surface area (Å²) < 4.78 is 0. The molecule has 0 radical (unpaired) electrons. The number of allylic oxidation sites excluding steroid dienone is 1. The van der Waals surface area contributed by atoms with Gasteiger partial charge in [0.15, 0.2) is 0 Å². The van der Waals surface area contributed by atoms with E-state index in [0.29, 0.717) is 12.1 Å². The minimum absolute atomic E-state index is 0.0622. The topological polar surface area (TPSA) is 67.9 Å². The zero-order valence-corrected chi connectivity index (χ0v) is 20.1. The fourth-order valence-corrected chi connectivity index (χ4v) is 3.66. The van der Waals surface area contributed by atoms with Gasteiger partial charge >= 0.3 is 0 Å². The molecule has 0 aromatic heterocycles. The largest absolute Gasteiger partial charge is 0.289 e. The van der Waals surface area contributed by atoms with Crippen molar-refractivity contribution in [2.24, 2.45) is 9.98 Å². The fraction of sp³-hybridized carbons (Fsp3) is 0.0312. The van der Waals surface area contributed by atoms with Gasteiger partial charge in [-0.3, -0.25) is 15.1 Å². The van der Waals surface area contributed by atoms with Gasteiger partial charge in [0.1, 0.15) is 0 Å². The van der Waals surface area contributed by atoms with E-state index in [1.165, 1.54) is 6.07 Å². The molecule has 4 rings (SSSR count). The number of benzene rings is 4. The highest BCUT2D eigenvalue weighted by molar-refractivity contribution is 6.00. The summed E-state index contributed by atoms with van der Waals surface area (Å²) in [4.78, 5) is 19.9. The predicted molar refractivity (Wildman–Crippen MR) is 153 cm³/mol. The van der Waals surface area contributed by atoms with Crippen molar-refractivity contribution in [3.63, 3.8) is 0 Å². The van der Waals surface area contributed by atoms with E-state index in [1.807, 2.05) is 97.1 Å². The number of nitrogens with zero attached hydrogens (tertiary/aromatic N) is 3. The van der Waals surface area contributed by atoms with Gasteiger partial charge in [0.2, 0.25) is 0 Å². The molecule has 0 saturated carbocycles. The van der Waals surface area contributed by atoms with Crippen molar-refractivity contribution < 1.29 is 4.92 Å². The second-order valence-corrected chi connectivity index (χ2v) is 7.98. The van der Waals surface area contributed by atoms with Gasteiger partial charge in [-0.1, -0.05) is 103 Å². The van der Waals surface area contributed by atoms with Gasteiger partial charge in [0.05, 0.1) is 28.3 Å². The van der Waals surface area contributed by atoms with Crippen LogP contribution < -0.4 is 0 Å². The van der Waals surface area contributed by atoms with E-state index in [2.05, 4.69) is 10.9 Å². The second kappa shape index (κ2) is 13.1. The first kappa shape index (κ1) is 25.0. The van der Waals surface area contributed by atoms with E-state index in [1.54, 1.807) is 36.6 Å². The lowest BCUT2D eigenvalue weighted by molar-refractivity contribution is -0.385. The van der Waals surface area contributed by atoms with Crippen LogP contribution in [0.15, 0.2) is 137 Å². The van der Waals surface area contributed by atoms with Crippen LogP contribution in [0.4, 0.5) is 5.69 Å². The molecule has 0 spiro atoms. The van der Waals surface area contributed by atoms with Crippen molar-refractivity contribution in [3.8, 4) is 0 Å². The Morgan fingerprint density at radius 2 is 1.30 bits per heavy atom. The molecule has 4 aromatic carbocycles. The molecule has 0 amide bonds. The first-order valence-electron chi connectivity index (χ1n) is 11.8. The molecule has 0 atom stereocenters. The van der Waals surface area contributed by atoms with Gasteiger partial charge in [0.25, 0.3) is 5.69 Å². The Hall–Kier alpha value is -5.12. The third-order valence-corrected chi connectivity index (χ3v) is 5.47. The Kier molecular flexibility index (Phi) is 8.85. The van der Waals surface area contributed by atoms with Crippen molar-refractivity contribution in [1.29, 1.82) is 0 Å². The summed E-state index contributed by atoms with van der Waals surface area (Å²) in [5.41, 5.74) is 5.27. The second-order valence-electron chi connectivity index (χ2n) is 7.98. The van der Waals surface area contributed by atoms with Crippen molar-refractivity contribution in [2.45, 2.75) is 0 Å². The predicted octanol–water partition coefficient (Wildman–Crippen LogP) is 7.52. The number of hydrogen-bond donors (Lipinski definition) is 0. The van der Waals surface area contributed by atoms with Crippen LogP contribution in [0.25, 0.3) is 17.3 Å². The van der Waals surface area contributed by atoms with Crippen molar-refractivity contribution in [3.05, 3.63) is 160 Å². The van der Waals surface area contributed by atoms with Gasteiger partial charge in [-0.05, 0) is 41.3 Å². The minimum Gasteiger partial charge on any atom is -0.289 e. The zero-order chi connectivity index (χ0) is 25.7. The molecule has 0 aliphatic carbocycles. The SMILES string of the molecule is O=[N+]([O-])c1ccccc1/C=C/C=NC/C=C(/N=C=C(c1ccccc1)c1ccccc1)c1ccccc1. The molecule has 4 aromatic rings. The Morgan fingerprint density at radius 1 is 0.757 bits per heavy atom. The third-order valence-electron chi connectivity index (χ3n) is 5.47. The average Bonchev–Trinajstić information content (AvgIpc) is 2.95. The molecule has 0 aliphatic heterocycles. The van der Waals surface area contributed by atoms with E-state index in [9.17, 15) is 10.1 Å². The van der Waals surface area contributed by atoms with E-state index >= 15 is 0 Å². The van der Waals surface area contributed by atoms with Crippen LogP contribution in [-0.2, 0) is 0 Å². The average molecular weight is 484 g/mol. The van der Waals surface area contributed by atoms with Crippen LogP contribution in [0.2, 0.25) is 0 Å². The van der Waals surface area contributed by atoms with Gasteiger partial charge in [-0.25, -0.2) is 4.99 Å². The summed E-state index contributed by atoms with van der Waals surface area (Å²) in [5, 5.41) is 11.2. The molecular weight excluding hydrogens is 458 g/mol. The molecule has 5 nitrogen and oxygen atoms in total. The molecule has 0 heterocycles. The maximum Gasteiger partial charge on any atom is 0.276 e. The van der Waals surface area contributed by atoms with Crippen LogP contribution >= 0.6 is 0 Å². The first-order valence-corrected chi connectivity index (χ1v) is 11.8. The zero-order valence-electron chi connectivity index (χ0n) is 20.1. The highest BCUT2D eigenvalue weighted by Crippen LogP contribution is 2.22. The van der Waals surface area contributed by atoms with Crippen LogP contribution in [0.5, 0.6) is 0 Å². The standard InChI is InChI=1S/C32H25N3O2/c36-35(37)32-21-11-10-19-29(32)20-12-23-33-24-22-31(28-17-8-3-9-18-28)34-25-30(26-13-4-1-5-14-26)27-15-6-2-7-16-27/h1-23H,24H2/b20-12+,31-22+,33-23?. The van der Waals surface area contributed by atoms with Gasteiger partial charge in [-0.15, -0.1) is 0 Å². The van der Waals surface area contributed by atoms with Crippen LogP contribution in [0.3, 0.4) is 0 Å². The molecule has 180 valence electrons. The van der Waals surface area contributed by atoms with Gasteiger partial charge in [0, 0.05) is 17.8 Å². The summed E-state index contributed by atoms with van der Waals surface area (Å²) in [6.07, 6.45) is 6.95. The van der Waals surface area contributed by atoms with Crippen molar-refractivity contribution >= 4 is 35.1 Å². The molecule has 0 N–H and O–H groups in total. The molecule has 0 saturated heterocycles. The normalized spacial score (nSPS) is 11.4. The Labute approximate surface area is 216 Å². The molecule has 0 bridgehead atoms. The number of nitro benzene ring substituents is 1. The number of para-hydroxylation sites is 1. The number of nitro groups is 1. The lowest BCUT2D eigenvalue weighted by Gasteiger charge is -2.05. The molecule has 5 heteroatoms. The minimum atomic E-state index is -0.393. The quantitative estimate of drug-likeness (QED) is 0.140. The number of rotatable bonds is 9. The summed E-state index contributed by atoms with van der Waals surface area (Å²) in [7, 11) is 0. The Bertz CT molecular complexity index is 1440. The van der Waals surface area contributed by atoms with E-state index in [0.717, 1.165) is 28.0 Å². The molecular formula is C32H25N3O2. The van der Waals surface area contributed by atoms with E-state index in [4.69, 9.17) is 4.99 Å². The first-order chi connectivity index (χ1) is 18.2. The highest BCUT2D eigenvalue weighted by Gasteiger charge is 2.08. The van der Waals surface area contributed by atoms with Gasteiger partial charge in [-0.2, -0.15) is 0 Å². The van der Waals surface area contributed by atoms with Crippen molar-refractivity contribution in [2.75, 3.05) is 6.54 Å². The van der Waals surface area contributed by atoms with E-state index in [-0.39, 0.29) is 5.69 Å². The summed E-state index contributed by atoms with van der Waals surface area (Å²) in [6, 6.07) is 36.7. The Balaban J connectivity index is 1.62. The van der Waals surface area contributed by atoms with Crippen LogP contribution in [0, 0.1) is 10.1 Å². The maximum absolute atomic E-state index is 11.2. The van der Waals surface area contributed by atoms with Crippen molar-refractivity contribution in [1.82, 2.24) is 0 Å². The molecule has 37 heavy (non-hydrogen) atoms. The summed E-state index contributed by atoms with van der Waals surface area (Å²) in [5.74, 6) is 3.28. The summed E-state index contributed by atoms with van der Waals surface area (Å²) in [6.45, 7) is 0.392. The van der Waals surface area contributed by atoms with Crippen LogP contribution in [0.1, 0.15) is 22.3 Å². The summed E-state index contributed by atoms with van der Waals surface area (Å²) >= 11 is 0. The lowest BCUT2D eigenvalue weighted by atomic mass is 9.99. The molecule has 0 fully saturated rings. The van der Waals surface area contributed by atoms with Crippen LogP contribution in [-0.4, -0.2) is 23.6 Å². The molecule has 0 unspecified atom stereocenters. The maximum atomic E-state index is 11.2. The monoisotopic (exact) mass is 483 g/mol. The highest BCUT2D eigenvalue weighted by atomic mass is 16.6. The van der Waals surface area contributed by atoms with E-state index < -0.39 is 4.92 Å². The fourth-order valence-electron chi connectivity index (χ4n) is 3.66.